The van der Waals surface area contributed by atoms with Crippen LogP contribution in [0.1, 0.15) is 23.4 Å². The number of fused-ring (bicyclic) bond motifs is 1. The van der Waals surface area contributed by atoms with Gasteiger partial charge in [-0.3, -0.25) is 0 Å². The molecule has 0 saturated heterocycles. The topological polar surface area (TPSA) is 85.6 Å². The van der Waals surface area contributed by atoms with Gasteiger partial charge in [0.05, 0.1) is 11.0 Å². The molecule has 1 heterocycles. The van der Waals surface area contributed by atoms with Crippen molar-refractivity contribution in [1.82, 2.24) is 9.55 Å². The summed E-state index contributed by atoms with van der Waals surface area (Å²) in [5.74, 6) is -0.230. The third-order valence-electron chi connectivity index (χ3n) is 3.21. The highest BCUT2D eigenvalue weighted by Crippen LogP contribution is 2.20. The second-order valence-electron chi connectivity index (χ2n) is 4.48. The number of carbonyl (C=O) groups excluding carboxylic acids is 1. The van der Waals surface area contributed by atoms with Gasteiger partial charge in [-0.2, -0.15) is 0 Å². The van der Waals surface area contributed by atoms with E-state index >= 15 is 0 Å². The van der Waals surface area contributed by atoms with Crippen LogP contribution in [-0.2, 0) is 17.9 Å². The molecule has 18 heavy (non-hydrogen) atoms. The normalized spacial score (nSPS) is 11.1. The van der Waals surface area contributed by atoms with Crippen molar-refractivity contribution in [2.45, 2.75) is 33.4 Å². The van der Waals surface area contributed by atoms with Crippen molar-refractivity contribution in [3.05, 3.63) is 29.1 Å². The van der Waals surface area contributed by atoms with E-state index in [9.17, 15) is 9.90 Å². The van der Waals surface area contributed by atoms with Crippen LogP contribution in [0.25, 0.3) is 11.0 Å². The van der Waals surface area contributed by atoms with Gasteiger partial charge in [0.25, 0.3) is 0 Å². The van der Waals surface area contributed by atoms with Crippen LogP contribution in [-0.4, -0.2) is 15.5 Å². The summed E-state index contributed by atoms with van der Waals surface area (Å²) < 4.78 is 1.92. The zero-order chi connectivity index (χ0) is 13.3. The lowest BCUT2D eigenvalue weighted by molar-refractivity contribution is -0.388. The number of nitrogens with zero attached hydrogens (tertiary/aromatic N) is 2. The van der Waals surface area contributed by atoms with Crippen LogP contribution in [0.4, 0.5) is 0 Å². The molecular weight excluding hydrogens is 230 g/mol. The van der Waals surface area contributed by atoms with Gasteiger partial charge in [0.15, 0.2) is 5.82 Å². The molecule has 0 aliphatic heterocycles. The van der Waals surface area contributed by atoms with E-state index in [0.29, 0.717) is 13.1 Å². The summed E-state index contributed by atoms with van der Waals surface area (Å²) in [5, 5.41) is 10.6. The smallest absolute Gasteiger partial charge is 0.165 e. The van der Waals surface area contributed by atoms with Crippen LogP contribution >= 0.6 is 0 Å². The molecule has 0 fully saturated rings. The van der Waals surface area contributed by atoms with Crippen LogP contribution in [0.2, 0.25) is 0 Å². The van der Waals surface area contributed by atoms with Crippen LogP contribution in [0, 0.1) is 13.8 Å². The van der Waals surface area contributed by atoms with E-state index in [2.05, 4.69) is 10.7 Å². The summed E-state index contributed by atoms with van der Waals surface area (Å²) in [6.45, 7) is 5.00. The number of imidazole rings is 1. The van der Waals surface area contributed by atoms with Crippen molar-refractivity contribution in [3.8, 4) is 0 Å². The highest BCUT2D eigenvalue weighted by Gasteiger charge is 2.11. The van der Waals surface area contributed by atoms with Crippen molar-refractivity contribution in [3.63, 3.8) is 0 Å². The van der Waals surface area contributed by atoms with Gasteiger partial charge in [-0.1, -0.05) is 0 Å². The summed E-state index contributed by atoms with van der Waals surface area (Å²) in [6, 6.07) is 4.07. The fourth-order valence-corrected chi connectivity index (χ4v) is 2.07. The molecule has 0 atom stereocenters. The number of aryl methyl sites for hydroxylation is 3. The fourth-order valence-electron chi connectivity index (χ4n) is 2.07. The van der Waals surface area contributed by atoms with Gasteiger partial charge in [-0.15, -0.1) is 0 Å². The molecule has 1 aromatic carbocycles. The van der Waals surface area contributed by atoms with Crippen molar-refractivity contribution in [2.24, 2.45) is 0 Å². The first-order valence-corrected chi connectivity index (χ1v) is 5.98. The first-order valence-electron chi connectivity index (χ1n) is 5.98. The minimum Gasteiger partial charge on any atom is -0.550 e. The van der Waals surface area contributed by atoms with E-state index in [1.807, 2.05) is 30.5 Å². The standard InChI is InChI=1S/C13H17N3O2/c1-8-5-10-11(6-9(8)2)16(4-3-13(17)18)12(7-14)15-10/h5-6H,3-4,7,14H2,1-2H3,(H,17,18). The molecule has 0 aliphatic carbocycles. The number of benzene rings is 1. The van der Waals surface area contributed by atoms with Crippen LogP contribution in [0.3, 0.4) is 0 Å². The summed E-state index contributed by atoms with van der Waals surface area (Å²) in [7, 11) is 0. The molecule has 3 N–H and O–H groups in total. The van der Waals surface area contributed by atoms with Gasteiger partial charge in [0.2, 0.25) is 0 Å². The second-order valence-corrected chi connectivity index (χ2v) is 4.48. The van der Waals surface area contributed by atoms with Crippen LogP contribution in [0.5, 0.6) is 0 Å². The maximum Gasteiger partial charge on any atom is 0.165 e. The highest BCUT2D eigenvalue weighted by molar-refractivity contribution is 5.78. The largest absolute Gasteiger partial charge is 0.550 e. The monoisotopic (exact) mass is 247 g/mol. The Morgan fingerprint density at radius 3 is 2.67 bits per heavy atom. The van der Waals surface area contributed by atoms with E-state index in [-0.39, 0.29) is 6.42 Å². The van der Waals surface area contributed by atoms with E-state index in [0.717, 1.165) is 16.9 Å². The zero-order valence-corrected chi connectivity index (χ0v) is 10.7. The maximum atomic E-state index is 10.6. The molecule has 1 aromatic heterocycles. The van der Waals surface area contributed by atoms with Gasteiger partial charge in [0.1, 0.15) is 6.54 Å². The lowest BCUT2D eigenvalue weighted by atomic mass is 10.1. The Balaban J connectivity index is 2.53. The lowest BCUT2D eigenvalue weighted by Crippen LogP contribution is -2.48. The minimum absolute atomic E-state index is 0.00855. The first kappa shape index (κ1) is 12.6. The Morgan fingerprint density at radius 2 is 2.06 bits per heavy atom. The molecule has 0 aliphatic rings. The summed E-state index contributed by atoms with van der Waals surface area (Å²) >= 11 is 0. The number of carboxylic acids is 1. The number of quaternary nitrogens is 1. The minimum atomic E-state index is -1.05. The zero-order valence-electron chi connectivity index (χ0n) is 10.7. The molecule has 2 aromatic rings. The molecule has 0 unspecified atom stereocenters. The number of carboxylic acid groups (broad SMARTS) is 1. The summed E-state index contributed by atoms with van der Waals surface area (Å²) in [4.78, 5) is 15.1. The Kier molecular flexibility index (Phi) is 3.34. The van der Waals surface area contributed by atoms with Gasteiger partial charge < -0.3 is 20.2 Å². The average Bonchev–Trinajstić information content (AvgIpc) is 2.64. The highest BCUT2D eigenvalue weighted by atomic mass is 16.4. The average molecular weight is 247 g/mol. The Hall–Kier alpha value is -1.88. The first-order chi connectivity index (χ1) is 8.52. The molecule has 0 spiro atoms. The van der Waals surface area contributed by atoms with Crippen molar-refractivity contribution < 1.29 is 15.6 Å². The van der Waals surface area contributed by atoms with Crippen molar-refractivity contribution in [1.29, 1.82) is 0 Å². The molecular formula is C13H17N3O2. The van der Waals surface area contributed by atoms with Gasteiger partial charge in [-0.25, -0.2) is 4.98 Å². The number of rotatable bonds is 4. The van der Waals surface area contributed by atoms with Crippen LogP contribution < -0.4 is 10.8 Å². The van der Waals surface area contributed by atoms with E-state index in [1.165, 1.54) is 11.1 Å². The number of aliphatic carboxylic acids is 1. The van der Waals surface area contributed by atoms with Gasteiger partial charge in [-0.05, 0) is 37.1 Å². The Labute approximate surface area is 105 Å². The van der Waals surface area contributed by atoms with Crippen molar-refractivity contribution in [2.75, 3.05) is 0 Å². The SMILES string of the molecule is Cc1cc2nc(C[NH3+])n(CCC(=O)[O-])c2cc1C. The predicted molar refractivity (Wildman–Crippen MR) is 65.4 cm³/mol. The third-order valence-corrected chi connectivity index (χ3v) is 3.21. The molecule has 0 saturated carbocycles. The number of hydrogen-bond acceptors (Lipinski definition) is 3. The van der Waals surface area contributed by atoms with Crippen molar-refractivity contribution >= 4 is 17.0 Å². The second kappa shape index (κ2) is 4.78. The summed E-state index contributed by atoms with van der Waals surface area (Å²) in [5.41, 5.74) is 8.06. The number of aromatic nitrogens is 2. The fraction of sp³-hybridized carbons (Fsp3) is 0.385. The van der Waals surface area contributed by atoms with Gasteiger partial charge in [0, 0.05) is 18.9 Å². The van der Waals surface area contributed by atoms with E-state index in [1.54, 1.807) is 0 Å². The molecule has 5 nitrogen and oxygen atoms in total. The quantitative estimate of drug-likeness (QED) is 0.793. The summed E-state index contributed by atoms with van der Waals surface area (Å²) in [6.07, 6.45) is -0.00855. The Morgan fingerprint density at radius 1 is 1.39 bits per heavy atom. The molecule has 0 amide bonds. The van der Waals surface area contributed by atoms with Crippen LogP contribution in [0.15, 0.2) is 12.1 Å². The molecule has 0 radical (unpaired) electrons. The van der Waals surface area contributed by atoms with E-state index < -0.39 is 5.97 Å². The van der Waals surface area contributed by atoms with E-state index in [4.69, 9.17) is 0 Å². The maximum absolute atomic E-state index is 10.6. The number of carbonyl (C=O) groups is 1. The molecule has 0 bridgehead atoms. The molecule has 96 valence electrons. The lowest BCUT2D eigenvalue weighted by Gasteiger charge is -2.08. The van der Waals surface area contributed by atoms with Gasteiger partial charge >= 0.3 is 0 Å². The Bertz CT molecular complexity index is 602. The predicted octanol–water partition coefficient (Wildman–Crippen LogP) is -0.465. The molecule has 2 rings (SSSR count). The molecule has 5 heteroatoms. The number of hydrogen-bond donors (Lipinski definition) is 1. The third kappa shape index (κ3) is 2.22.